The Bertz CT molecular complexity index is 312. The Morgan fingerprint density at radius 2 is 2.47 bits per heavy atom. The van der Waals surface area contributed by atoms with E-state index in [1.807, 2.05) is 11.6 Å². The molecule has 0 aliphatic carbocycles. The molecule has 0 saturated carbocycles. The molecule has 1 aliphatic rings. The van der Waals surface area contributed by atoms with Crippen LogP contribution in [0.5, 0.6) is 0 Å². The minimum Gasteiger partial charge on any atom is -0.396 e. The van der Waals surface area contributed by atoms with Crippen LogP contribution in [0.3, 0.4) is 0 Å². The van der Waals surface area contributed by atoms with Crippen LogP contribution in [0.25, 0.3) is 0 Å². The molecule has 5 nitrogen and oxygen atoms in total. The van der Waals surface area contributed by atoms with Gasteiger partial charge in [-0.25, -0.2) is 0 Å². The van der Waals surface area contributed by atoms with Crippen LogP contribution in [0, 0.1) is 5.92 Å². The first-order chi connectivity index (χ1) is 7.29. The summed E-state index contributed by atoms with van der Waals surface area (Å²) >= 11 is 0. The van der Waals surface area contributed by atoms with Gasteiger partial charge in [-0.3, -0.25) is 4.90 Å². The molecule has 1 aromatic rings. The van der Waals surface area contributed by atoms with Crippen LogP contribution in [0.4, 0.5) is 0 Å². The van der Waals surface area contributed by atoms with E-state index in [1.165, 1.54) is 6.42 Å². The summed E-state index contributed by atoms with van der Waals surface area (Å²) in [7, 11) is 1.97. The lowest BCUT2D eigenvalue weighted by molar-refractivity contribution is 0.247. The Kier molecular flexibility index (Phi) is 3.33. The van der Waals surface area contributed by atoms with Crippen molar-refractivity contribution in [2.45, 2.75) is 19.4 Å². The molecule has 0 bridgehead atoms. The molecule has 15 heavy (non-hydrogen) atoms. The van der Waals surface area contributed by atoms with Gasteiger partial charge in [0.25, 0.3) is 0 Å². The van der Waals surface area contributed by atoms with Gasteiger partial charge >= 0.3 is 0 Å². The first-order valence-electron chi connectivity index (χ1n) is 5.45. The van der Waals surface area contributed by atoms with Gasteiger partial charge in [0.05, 0.1) is 6.54 Å². The third-order valence-electron chi connectivity index (χ3n) is 3.08. The molecule has 1 aromatic heterocycles. The van der Waals surface area contributed by atoms with Crippen LogP contribution in [-0.4, -0.2) is 44.5 Å². The Hall–Kier alpha value is -0.940. The number of aromatic nitrogens is 3. The highest BCUT2D eigenvalue weighted by Crippen LogP contribution is 2.20. The van der Waals surface area contributed by atoms with Crippen molar-refractivity contribution in [3.8, 4) is 0 Å². The third kappa shape index (κ3) is 2.54. The molecule has 1 unspecified atom stereocenters. The van der Waals surface area contributed by atoms with E-state index in [4.69, 9.17) is 5.11 Å². The molecule has 1 atom stereocenters. The van der Waals surface area contributed by atoms with Gasteiger partial charge in [0.2, 0.25) is 0 Å². The lowest BCUT2D eigenvalue weighted by atomic mass is 10.1. The van der Waals surface area contributed by atoms with Crippen molar-refractivity contribution in [2.24, 2.45) is 13.0 Å². The highest BCUT2D eigenvalue weighted by atomic mass is 16.3. The molecule has 2 heterocycles. The van der Waals surface area contributed by atoms with Crippen molar-refractivity contribution in [3.05, 3.63) is 12.2 Å². The van der Waals surface area contributed by atoms with E-state index >= 15 is 0 Å². The monoisotopic (exact) mass is 210 g/mol. The van der Waals surface area contributed by atoms with Crippen LogP contribution >= 0.6 is 0 Å². The molecule has 84 valence electrons. The molecular formula is C10H18N4O. The molecule has 0 amide bonds. The van der Waals surface area contributed by atoms with Crippen molar-refractivity contribution < 1.29 is 5.11 Å². The summed E-state index contributed by atoms with van der Waals surface area (Å²) in [4.78, 5) is 2.38. The molecule has 1 fully saturated rings. The summed E-state index contributed by atoms with van der Waals surface area (Å²) in [6.07, 6.45) is 3.85. The van der Waals surface area contributed by atoms with Crippen LogP contribution in [0.1, 0.15) is 18.7 Å². The molecule has 5 heteroatoms. The predicted molar refractivity (Wildman–Crippen MR) is 56.1 cm³/mol. The van der Waals surface area contributed by atoms with Crippen LogP contribution in [-0.2, 0) is 13.6 Å². The van der Waals surface area contributed by atoms with Crippen molar-refractivity contribution in [3.63, 3.8) is 0 Å². The van der Waals surface area contributed by atoms with Gasteiger partial charge in [-0.15, -0.1) is 10.2 Å². The van der Waals surface area contributed by atoms with Gasteiger partial charge in [-0.05, 0) is 25.3 Å². The quantitative estimate of drug-likeness (QED) is 0.761. The van der Waals surface area contributed by atoms with E-state index in [-0.39, 0.29) is 0 Å². The largest absolute Gasteiger partial charge is 0.396 e. The first kappa shape index (κ1) is 10.6. The smallest absolute Gasteiger partial charge is 0.146 e. The summed E-state index contributed by atoms with van der Waals surface area (Å²) in [5.74, 6) is 1.67. The summed E-state index contributed by atoms with van der Waals surface area (Å²) < 4.78 is 1.96. The zero-order valence-electron chi connectivity index (χ0n) is 9.13. The lowest BCUT2D eigenvalue weighted by Gasteiger charge is -2.14. The van der Waals surface area contributed by atoms with E-state index in [9.17, 15) is 0 Å². The fraction of sp³-hybridized carbons (Fsp3) is 0.800. The molecule has 2 rings (SSSR count). The molecule has 0 spiro atoms. The number of rotatable bonds is 4. The second-order valence-corrected chi connectivity index (χ2v) is 4.26. The Labute approximate surface area is 89.7 Å². The second-order valence-electron chi connectivity index (χ2n) is 4.26. The highest BCUT2D eigenvalue weighted by Gasteiger charge is 2.22. The third-order valence-corrected chi connectivity index (χ3v) is 3.08. The van der Waals surface area contributed by atoms with E-state index in [1.54, 1.807) is 6.33 Å². The fourth-order valence-corrected chi connectivity index (χ4v) is 2.12. The van der Waals surface area contributed by atoms with Crippen molar-refractivity contribution in [2.75, 3.05) is 19.7 Å². The molecule has 0 aromatic carbocycles. The number of nitrogens with zero attached hydrogens (tertiary/aromatic N) is 4. The number of aryl methyl sites for hydroxylation is 1. The van der Waals surface area contributed by atoms with Gasteiger partial charge in [0, 0.05) is 20.2 Å². The maximum atomic E-state index is 8.87. The van der Waals surface area contributed by atoms with Gasteiger partial charge < -0.3 is 9.67 Å². The second kappa shape index (κ2) is 4.72. The number of hydrogen-bond acceptors (Lipinski definition) is 4. The van der Waals surface area contributed by atoms with Crippen LogP contribution < -0.4 is 0 Å². The lowest BCUT2D eigenvalue weighted by Crippen LogP contribution is -2.22. The number of likely N-dealkylation sites (tertiary alicyclic amines) is 1. The highest BCUT2D eigenvalue weighted by molar-refractivity contribution is 4.87. The normalized spacial score (nSPS) is 22.4. The number of hydrogen-bond donors (Lipinski definition) is 1. The molecule has 1 aliphatic heterocycles. The maximum absolute atomic E-state index is 8.87. The summed E-state index contributed by atoms with van der Waals surface area (Å²) in [5, 5.41) is 16.8. The van der Waals surface area contributed by atoms with Crippen molar-refractivity contribution >= 4 is 0 Å². The van der Waals surface area contributed by atoms with E-state index in [2.05, 4.69) is 15.1 Å². The van der Waals surface area contributed by atoms with Crippen LogP contribution in [0.2, 0.25) is 0 Å². The molecule has 1 N–H and O–H groups in total. The van der Waals surface area contributed by atoms with Gasteiger partial charge in [-0.1, -0.05) is 0 Å². The van der Waals surface area contributed by atoms with Crippen molar-refractivity contribution in [1.29, 1.82) is 0 Å². The number of aliphatic hydroxyl groups excluding tert-OH is 1. The van der Waals surface area contributed by atoms with E-state index in [0.717, 1.165) is 31.9 Å². The average molecular weight is 210 g/mol. The predicted octanol–water partition coefficient (Wildman–Crippen LogP) is 0.0194. The fourth-order valence-electron chi connectivity index (χ4n) is 2.12. The zero-order chi connectivity index (χ0) is 10.7. The Balaban J connectivity index is 1.85. The minimum atomic E-state index is 0.308. The molecular weight excluding hydrogens is 192 g/mol. The van der Waals surface area contributed by atoms with Crippen molar-refractivity contribution in [1.82, 2.24) is 19.7 Å². The Morgan fingerprint density at radius 3 is 3.13 bits per heavy atom. The topological polar surface area (TPSA) is 54.2 Å². The molecule has 1 saturated heterocycles. The maximum Gasteiger partial charge on any atom is 0.146 e. The summed E-state index contributed by atoms with van der Waals surface area (Å²) in [6, 6.07) is 0. The standard InChI is InChI=1S/C10H18N4O/c1-13-8-11-12-10(13)7-14-4-2-9(6-14)3-5-15/h8-9,15H,2-7H2,1H3. The van der Waals surface area contributed by atoms with Gasteiger partial charge in [-0.2, -0.15) is 0 Å². The number of aliphatic hydroxyl groups is 1. The van der Waals surface area contributed by atoms with Gasteiger partial charge in [0.15, 0.2) is 0 Å². The first-order valence-corrected chi connectivity index (χ1v) is 5.45. The van der Waals surface area contributed by atoms with Crippen LogP contribution in [0.15, 0.2) is 6.33 Å². The minimum absolute atomic E-state index is 0.308. The van der Waals surface area contributed by atoms with E-state index < -0.39 is 0 Å². The zero-order valence-corrected chi connectivity index (χ0v) is 9.13. The van der Waals surface area contributed by atoms with Gasteiger partial charge in [0.1, 0.15) is 12.2 Å². The Morgan fingerprint density at radius 1 is 1.60 bits per heavy atom. The summed E-state index contributed by atoms with van der Waals surface area (Å²) in [5.41, 5.74) is 0. The van der Waals surface area contributed by atoms with E-state index in [0.29, 0.717) is 12.5 Å². The molecule has 0 radical (unpaired) electrons. The summed E-state index contributed by atoms with van der Waals surface area (Å²) in [6.45, 7) is 3.37. The average Bonchev–Trinajstić information content (AvgIpc) is 2.79. The SMILES string of the molecule is Cn1cnnc1CN1CCC(CCO)C1.